The van der Waals surface area contributed by atoms with E-state index in [-0.39, 0.29) is 12.1 Å². The van der Waals surface area contributed by atoms with Crippen LogP contribution in [0.4, 0.5) is 0 Å². The maximum atomic E-state index is 11.9. The van der Waals surface area contributed by atoms with E-state index in [9.17, 15) is 4.79 Å². The lowest BCUT2D eigenvalue weighted by molar-refractivity contribution is -0.150. The Hall–Kier alpha value is -0.650. The number of nitrogens with one attached hydrogen (secondary N) is 1. The van der Waals surface area contributed by atoms with Crippen LogP contribution in [0.3, 0.4) is 0 Å². The molecule has 0 spiro atoms. The van der Waals surface area contributed by atoms with Gasteiger partial charge in [-0.25, -0.2) is 0 Å². The van der Waals surface area contributed by atoms with Gasteiger partial charge in [-0.15, -0.1) is 0 Å². The minimum Gasteiger partial charge on any atom is -0.465 e. The van der Waals surface area contributed by atoms with Crippen LogP contribution >= 0.6 is 0 Å². The van der Waals surface area contributed by atoms with E-state index < -0.39 is 5.54 Å². The summed E-state index contributed by atoms with van der Waals surface area (Å²) >= 11 is 0. The Morgan fingerprint density at radius 3 is 2.50 bits per heavy atom. The van der Waals surface area contributed by atoms with Gasteiger partial charge in [-0.3, -0.25) is 4.79 Å². The van der Waals surface area contributed by atoms with Crippen LogP contribution in [0.1, 0.15) is 47.0 Å². The highest BCUT2D eigenvalue weighted by Gasteiger charge is 2.32. The molecule has 2 atom stereocenters. The first-order valence-electron chi connectivity index (χ1n) is 7.55. The van der Waals surface area contributed by atoms with Crippen molar-refractivity contribution < 1.29 is 19.0 Å². The summed E-state index contributed by atoms with van der Waals surface area (Å²) in [4.78, 5) is 11.9. The SMILES string of the molecule is CCOCC(C)OCCCCC(C)(NC)C(=O)OCC. The van der Waals surface area contributed by atoms with Gasteiger partial charge in [0.05, 0.1) is 19.3 Å². The molecule has 5 heteroatoms. The minimum absolute atomic E-state index is 0.121. The second-order valence-corrected chi connectivity index (χ2v) is 5.10. The highest BCUT2D eigenvalue weighted by atomic mass is 16.5. The summed E-state index contributed by atoms with van der Waals surface area (Å²) < 4.78 is 16.0. The molecule has 0 bridgehead atoms. The van der Waals surface area contributed by atoms with Crippen LogP contribution in [0.25, 0.3) is 0 Å². The number of rotatable bonds is 12. The van der Waals surface area contributed by atoms with E-state index in [0.29, 0.717) is 26.4 Å². The third kappa shape index (κ3) is 7.82. The quantitative estimate of drug-likeness (QED) is 0.440. The van der Waals surface area contributed by atoms with Crippen molar-refractivity contribution in [3.05, 3.63) is 0 Å². The van der Waals surface area contributed by atoms with E-state index in [4.69, 9.17) is 14.2 Å². The Balaban J connectivity index is 3.83. The maximum Gasteiger partial charge on any atom is 0.326 e. The molecule has 0 amide bonds. The van der Waals surface area contributed by atoms with Gasteiger partial charge in [0.15, 0.2) is 0 Å². The summed E-state index contributed by atoms with van der Waals surface area (Å²) in [5.41, 5.74) is -0.604. The molecule has 0 aromatic carbocycles. The average Bonchev–Trinajstić information content (AvgIpc) is 2.44. The van der Waals surface area contributed by atoms with Gasteiger partial charge in [0.2, 0.25) is 0 Å². The molecule has 0 aliphatic carbocycles. The average molecular weight is 289 g/mol. The number of hydrogen-bond donors (Lipinski definition) is 1. The Labute approximate surface area is 123 Å². The molecule has 120 valence electrons. The highest BCUT2D eigenvalue weighted by Crippen LogP contribution is 2.15. The molecule has 0 aromatic rings. The fourth-order valence-corrected chi connectivity index (χ4v) is 1.82. The molecule has 0 saturated carbocycles. The molecule has 2 unspecified atom stereocenters. The maximum absolute atomic E-state index is 11.9. The van der Waals surface area contributed by atoms with Gasteiger partial charge < -0.3 is 19.5 Å². The lowest BCUT2D eigenvalue weighted by atomic mass is 9.95. The number of hydrogen-bond acceptors (Lipinski definition) is 5. The van der Waals surface area contributed by atoms with E-state index in [1.807, 2.05) is 27.7 Å². The van der Waals surface area contributed by atoms with Gasteiger partial charge in [-0.1, -0.05) is 0 Å². The monoisotopic (exact) mass is 289 g/mol. The van der Waals surface area contributed by atoms with Crippen molar-refractivity contribution in [1.82, 2.24) is 5.32 Å². The van der Waals surface area contributed by atoms with Crippen LogP contribution in [-0.4, -0.2) is 51.1 Å². The van der Waals surface area contributed by atoms with E-state index in [1.165, 1.54) is 0 Å². The number of likely N-dealkylation sites (N-methyl/N-ethyl adjacent to an activating group) is 1. The van der Waals surface area contributed by atoms with Crippen LogP contribution in [-0.2, 0) is 19.0 Å². The van der Waals surface area contributed by atoms with E-state index in [1.54, 1.807) is 7.05 Å². The summed E-state index contributed by atoms with van der Waals surface area (Å²) in [6.45, 7) is 10.1. The fraction of sp³-hybridized carbons (Fsp3) is 0.933. The summed E-state index contributed by atoms with van der Waals surface area (Å²) in [5.74, 6) is -0.187. The zero-order valence-corrected chi connectivity index (χ0v) is 13.7. The Morgan fingerprint density at radius 2 is 1.95 bits per heavy atom. The van der Waals surface area contributed by atoms with Crippen LogP contribution in [0.15, 0.2) is 0 Å². The second kappa shape index (κ2) is 11.1. The third-order valence-electron chi connectivity index (χ3n) is 3.31. The summed E-state index contributed by atoms with van der Waals surface area (Å²) in [6, 6.07) is 0. The van der Waals surface area contributed by atoms with E-state index in [0.717, 1.165) is 19.3 Å². The Kier molecular flexibility index (Phi) is 10.7. The number of carbonyl (C=O) groups is 1. The molecule has 0 saturated heterocycles. The summed E-state index contributed by atoms with van der Waals surface area (Å²) in [5, 5.41) is 3.06. The second-order valence-electron chi connectivity index (χ2n) is 5.10. The van der Waals surface area contributed by atoms with E-state index >= 15 is 0 Å². The zero-order valence-electron chi connectivity index (χ0n) is 13.7. The predicted octanol–water partition coefficient (Wildman–Crippen LogP) is 2.14. The van der Waals surface area contributed by atoms with Crippen molar-refractivity contribution in [1.29, 1.82) is 0 Å². The molecule has 0 aliphatic heterocycles. The first kappa shape index (κ1) is 19.4. The molecule has 1 N–H and O–H groups in total. The van der Waals surface area contributed by atoms with Crippen LogP contribution in [0, 0.1) is 0 Å². The Morgan fingerprint density at radius 1 is 1.25 bits per heavy atom. The van der Waals surface area contributed by atoms with Crippen LogP contribution < -0.4 is 5.32 Å². The lowest BCUT2D eigenvalue weighted by Gasteiger charge is -2.26. The first-order chi connectivity index (χ1) is 9.50. The molecule has 0 aromatic heterocycles. The van der Waals surface area contributed by atoms with Crippen molar-refractivity contribution in [3.8, 4) is 0 Å². The van der Waals surface area contributed by atoms with Gasteiger partial charge in [0.25, 0.3) is 0 Å². The topological polar surface area (TPSA) is 56.8 Å². The fourth-order valence-electron chi connectivity index (χ4n) is 1.82. The first-order valence-corrected chi connectivity index (χ1v) is 7.55. The minimum atomic E-state index is -0.604. The number of carbonyl (C=O) groups excluding carboxylic acids is 1. The van der Waals surface area contributed by atoms with Gasteiger partial charge in [-0.05, 0) is 54.0 Å². The van der Waals surface area contributed by atoms with Crippen LogP contribution in [0.2, 0.25) is 0 Å². The van der Waals surface area contributed by atoms with Crippen molar-refractivity contribution in [2.45, 2.75) is 58.6 Å². The van der Waals surface area contributed by atoms with E-state index in [2.05, 4.69) is 5.32 Å². The van der Waals surface area contributed by atoms with Crippen molar-refractivity contribution >= 4 is 5.97 Å². The molecule has 0 radical (unpaired) electrons. The summed E-state index contributed by atoms with van der Waals surface area (Å²) in [7, 11) is 1.79. The molecule has 0 rings (SSSR count). The van der Waals surface area contributed by atoms with Gasteiger partial charge in [0, 0.05) is 13.2 Å². The van der Waals surface area contributed by atoms with Crippen molar-refractivity contribution in [3.63, 3.8) is 0 Å². The molecule has 0 fully saturated rings. The predicted molar refractivity (Wildman–Crippen MR) is 79.9 cm³/mol. The third-order valence-corrected chi connectivity index (χ3v) is 3.31. The molecular formula is C15H31NO4. The lowest BCUT2D eigenvalue weighted by Crippen LogP contribution is -2.48. The Bertz CT molecular complexity index is 260. The number of unbranched alkanes of at least 4 members (excludes halogenated alkanes) is 1. The number of ether oxygens (including phenoxy) is 3. The number of esters is 1. The highest BCUT2D eigenvalue weighted by molar-refractivity contribution is 5.80. The van der Waals surface area contributed by atoms with Gasteiger partial charge in [0.1, 0.15) is 5.54 Å². The molecule has 0 aliphatic rings. The molecule has 5 nitrogen and oxygen atoms in total. The largest absolute Gasteiger partial charge is 0.465 e. The van der Waals surface area contributed by atoms with Crippen LogP contribution in [0.5, 0.6) is 0 Å². The summed E-state index contributed by atoms with van der Waals surface area (Å²) in [6.07, 6.45) is 2.70. The zero-order chi connectivity index (χ0) is 15.4. The van der Waals surface area contributed by atoms with Gasteiger partial charge >= 0.3 is 5.97 Å². The normalized spacial score (nSPS) is 15.7. The standard InChI is InChI=1S/C15H31NO4/c1-6-18-12-13(3)20-11-9-8-10-15(4,16-5)14(17)19-7-2/h13,16H,6-12H2,1-5H3. The molecule has 0 heterocycles. The van der Waals surface area contributed by atoms with Crippen molar-refractivity contribution in [2.75, 3.05) is 33.5 Å². The van der Waals surface area contributed by atoms with Gasteiger partial charge in [-0.2, -0.15) is 0 Å². The smallest absolute Gasteiger partial charge is 0.326 e. The molecule has 20 heavy (non-hydrogen) atoms. The van der Waals surface area contributed by atoms with Crippen molar-refractivity contribution in [2.24, 2.45) is 0 Å². The molecular weight excluding hydrogens is 258 g/mol.